The van der Waals surface area contributed by atoms with E-state index in [9.17, 15) is 0 Å². The average molecular weight is 438 g/mol. The van der Waals surface area contributed by atoms with Crippen LogP contribution in [0.2, 0.25) is 0 Å². The van der Waals surface area contributed by atoms with Crippen LogP contribution < -0.4 is 10.6 Å². The highest BCUT2D eigenvalue weighted by molar-refractivity contribution is 14.0. The topological polar surface area (TPSA) is 66.7 Å². The number of guanidine groups is 1. The number of methoxy groups -OCH3 is 1. The monoisotopic (exact) mass is 438 g/mol. The zero-order valence-corrected chi connectivity index (χ0v) is 17.0. The van der Waals surface area contributed by atoms with Crippen molar-refractivity contribution in [2.75, 3.05) is 54.0 Å². The van der Waals surface area contributed by atoms with Crippen LogP contribution in [-0.4, -0.2) is 74.6 Å². The van der Waals surface area contributed by atoms with Crippen LogP contribution >= 0.6 is 24.0 Å². The molecule has 0 unspecified atom stereocenters. The molecule has 0 fully saturated rings. The van der Waals surface area contributed by atoms with Gasteiger partial charge in [0.25, 0.3) is 0 Å². The molecule has 1 heterocycles. The fourth-order valence-corrected chi connectivity index (χ4v) is 2.10. The van der Waals surface area contributed by atoms with Crippen molar-refractivity contribution in [3.63, 3.8) is 0 Å². The van der Waals surface area contributed by atoms with Crippen LogP contribution in [0, 0.1) is 0 Å². The molecule has 1 rings (SSSR count). The van der Waals surface area contributed by atoms with Gasteiger partial charge in [0.15, 0.2) is 5.96 Å². The number of rotatable bonds is 10. The average Bonchev–Trinajstić information content (AvgIpc) is 2.91. The maximum Gasteiger partial charge on any atom is 0.191 e. The summed E-state index contributed by atoms with van der Waals surface area (Å²) in [7, 11) is 7.58. The Morgan fingerprint density at radius 3 is 2.70 bits per heavy atom. The van der Waals surface area contributed by atoms with E-state index in [1.165, 1.54) is 5.56 Å². The van der Waals surface area contributed by atoms with Crippen LogP contribution in [0.3, 0.4) is 0 Å². The van der Waals surface area contributed by atoms with Crippen LogP contribution in [0.15, 0.2) is 17.4 Å². The third-order valence-corrected chi connectivity index (χ3v) is 3.36. The first-order chi connectivity index (χ1) is 10.7. The normalized spacial score (nSPS) is 11.4. The molecule has 7 nitrogen and oxygen atoms in total. The number of aryl methyl sites for hydroxylation is 1. The summed E-state index contributed by atoms with van der Waals surface area (Å²) in [6.07, 6.45) is 5.93. The van der Waals surface area contributed by atoms with Gasteiger partial charge in [-0.05, 0) is 25.5 Å². The Bertz CT molecular complexity index is 437. The Kier molecular flexibility index (Phi) is 13.0. The lowest BCUT2D eigenvalue weighted by Crippen LogP contribution is -2.41. The molecule has 1 aromatic heterocycles. The van der Waals surface area contributed by atoms with Crippen molar-refractivity contribution in [1.29, 1.82) is 0 Å². The number of hydrogen-bond donors (Lipinski definition) is 2. The Hall–Kier alpha value is -0.870. The zero-order chi connectivity index (χ0) is 16.2. The van der Waals surface area contributed by atoms with Crippen molar-refractivity contribution in [3.8, 4) is 0 Å². The Morgan fingerprint density at radius 2 is 2.09 bits per heavy atom. The van der Waals surface area contributed by atoms with Gasteiger partial charge in [-0.3, -0.25) is 9.67 Å². The number of likely N-dealkylation sites (N-methyl/N-ethyl adjacent to an activating group) is 1. The summed E-state index contributed by atoms with van der Waals surface area (Å²) in [5.74, 6) is 0.842. The number of nitrogens with one attached hydrogen (secondary N) is 2. The van der Waals surface area contributed by atoms with Crippen LogP contribution in [0.4, 0.5) is 0 Å². The number of aliphatic imine (C=N–C) groups is 1. The first-order valence-electron chi connectivity index (χ1n) is 7.75. The molecule has 0 saturated heterocycles. The van der Waals surface area contributed by atoms with Crippen molar-refractivity contribution >= 4 is 29.9 Å². The molecule has 8 heteroatoms. The molecule has 2 N–H and O–H groups in total. The van der Waals surface area contributed by atoms with Gasteiger partial charge in [-0.2, -0.15) is 5.10 Å². The second-order valence-electron chi connectivity index (χ2n) is 5.35. The van der Waals surface area contributed by atoms with E-state index in [1.54, 1.807) is 14.2 Å². The van der Waals surface area contributed by atoms with Crippen LogP contribution in [0.25, 0.3) is 0 Å². The fourth-order valence-electron chi connectivity index (χ4n) is 2.10. The Balaban J connectivity index is 0.00000484. The van der Waals surface area contributed by atoms with Gasteiger partial charge in [0.2, 0.25) is 0 Å². The van der Waals surface area contributed by atoms with Gasteiger partial charge >= 0.3 is 0 Å². The Morgan fingerprint density at radius 1 is 1.35 bits per heavy atom. The summed E-state index contributed by atoms with van der Waals surface area (Å²) in [6, 6.07) is 0. The van der Waals surface area contributed by atoms with Crippen molar-refractivity contribution < 1.29 is 4.74 Å². The van der Waals surface area contributed by atoms with Gasteiger partial charge in [-0.15, -0.1) is 24.0 Å². The van der Waals surface area contributed by atoms with E-state index < -0.39 is 0 Å². The van der Waals surface area contributed by atoms with Gasteiger partial charge in [-0.25, -0.2) is 0 Å². The van der Waals surface area contributed by atoms with E-state index in [2.05, 4.69) is 32.7 Å². The minimum atomic E-state index is 0. The quantitative estimate of drug-likeness (QED) is 0.244. The third-order valence-electron chi connectivity index (χ3n) is 3.36. The van der Waals surface area contributed by atoms with E-state index in [1.807, 2.05) is 24.1 Å². The van der Waals surface area contributed by atoms with E-state index in [-0.39, 0.29) is 24.0 Å². The summed E-state index contributed by atoms with van der Waals surface area (Å²) in [5.41, 5.74) is 1.23. The molecule has 0 radical (unpaired) electrons. The van der Waals surface area contributed by atoms with Gasteiger partial charge in [0.1, 0.15) is 0 Å². The van der Waals surface area contributed by atoms with E-state index in [4.69, 9.17) is 4.74 Å². The largest absolute Gasteiger partial charge is 0.385 e. The molecule has 23 heavy (non-hydrogen) atoms. The SMILES string of the molecule is CN=C(NCCc1cnn(C)c1)NCCN(C)CCCOC.I. The van der Waals surface area contributed by atoms with Gasteiger partial charge < -0.3 is 20.3 Å². The highest BCUT2D eigenvalue weighted by Crippen LogP contribution is 1.95. The minimum Gasteiger partial charge on any atom is -0.385 e. The molecule has 0 aromatic carbocycles. The highest BCUT2D eigenvalue weighted by Gasteiger charge is 2.01. The summed E-state index contributed by atoms with van der Waals surface area (Å²) >= 11 is 0. The first kappa shape index (κ1) is 22.1. The fraction of sp³-hybridized carbons (Fsp3) is 0.733. The number of halogens is 1. The van der Waals surface area contributed by atoms with Crippen molar-refractivity contribution in [2.45, 2.75) is 12.8 Å². The predicted molar refractivity (Wildman–Crippen MR) is 106 cm³/mol. The van der Waals surface area contributed by atoms with E-state index in [0.29, 0.717) is 0 Å². The van der Waals surface area contributed by atoms with Crippen molar-refractivity contribution in [2.24, 2.45) is 12.0 Å². The standard InChI is InChI=1S/C15H30N6O.HI/c1-16-15(17-7-6-14-12-19-21(3)13-14)18-8-10-20(2)9-5-11-22-4;/h12-13H,5-11H2,1-4H3,(H2,16,17,18);1H. The zero-order valence-electron chi connectivity index (χ0n) is 14.7. The van der Waals surface area contributed by atoms with Gasteiger partial charge in [0, 0.05) is 60.2 Å². The molecule has 0 saturated carbocycles. The number of ether oxygens (including phenoxy) is 1. The molecule has 0 aliphatic rings. The van der Waals surface area contributed by atoms with Crippen molar-refractivity contribution in [3.05, 3.63) is 18.0 Å². The van der Waals surface area contributed by atoms with Crippen LogP contribution in [-0.2, 0) is 18.2 Å². The predicted octanol–water partition coefficient (Wildman–Crippen LogP) is 0.714. The van der Waals surface area contributed by atoms with Gasteiger partial charge in [-0.1, -0.05) is 0 Å². The second-order valence-corrected chi connectivity index (χ2v) is 5.35. The number of hydrogen-bond acceptors (Lipinski definition) is 4. The molecular formula is C15H31IN6O. The number of nitrogens with zero attached hydrogens (tertiary/aromatic N) is 4. The molecule has 0 spiro atoms. The summed E-state index contributed by atoms with van der Waals surface area (Å²) in [6.45, 7) is 4.55. The van der Waals surface area contributed by atoms with E-state index in [0.717, 1.165) is 51.6 Å². The lowest BCUT2D eigenvalue weighted by atomic mass is 10.2. The molecule has 134 valence electrons. The summed E-state index contributed by atoms with van der Waals surface area (Å²) < 4.78 is 6.88. The second kappa shape index (κ2) is 13.6. The minimum absolute atomic E-state index is 0. The van der Waals surface area contributed by atoms with Crippen LogP contribution in [0.5, 0.6) is 0 Å². The Labute approximate surface area is 156 Å². The van der Waals surface area contributed by atoms with E-state index >= 15 is 0 Å². The lowest BCUT2D eigenvalue weighted by Gasteiger charge is -2.18. The summed E-state index contributed by atoms with van der Waals surface area (Å²) in [5, 5.41) is 10.8. The van der Waals surface area contributed by atoms with Gasteiger partial charge in [0.05, 0.1) is 6.20 Å². The number of aromatic nitrogens is 2. The van der Waals surface area contributed by atoms with Crippen molar-refractivity contribution in [1.82, 2.24) is 25.3 Å². The lowest BCUT2D eigenvalue weighted by molar-refractivity contribution is 0.180. The first-order valence-corrected chi connectivity index (χ1v) is 7.75. The molecule has 0 aliphatic heterocycles. The maximum atomic E-state index is 5.06. The molecule has 0 atom stereocenters. The summed E-state index contributed by atoms with van der Waals surface area (Å²) in [4.78, 5) is 6.52. The van der Waals surface area contributed by atoms with Crippen LogP contribution in [0.1, 0.15) is 12.0 Å². The molecule has 0 amide bonds. The molecule has 0 aliphatic carbocycles. The third kappa shape index (κ3) is 10.5. The maximum absolute atomic E-state index is 5.06. The highest BCUT2D eigenvalue weighted by atomic mass is 127. The molecular weight excluding hydrogens is 407 g/mol. The molecule has 1 aromatic rings. The smallest absolute Gasteiger partial charge is 0.191 e. The molecule has 0 bridgehead atoms.